The van der Waals surface area contributed by atoms with Crippen LogP contribution < -0.4 is 4.90 Å². The van der Waals surface area contributed by atoms with Gasteiger partial charge < -0.3 is 10.0 Å². The normalized spacial score (nSPS) is 18.4. The molecule has 1 aliphatic heterocycles. The number of hydrogen-bond donors (Lipinski definition) is 1. The van der Waals surface area contributed by atoms with Gasteiger partial charge in [0, 0.05) is 25.9 Å². The molecule has 0 radical (unpaired) electrons. The molecule has 0 aromatic heterocycles. The first-order chi connectivity index (χ1) is 10.0. The van der Waals surface area contributed by atoms with Crippen LogP contribution in [0, 0.1) is 0 Å². The molecule has 1 aliphatic rings. The van der Waals surface area contributed by atoms with Gasteiger partial charge in [-0.15, -0.1) is 0 Å². The number of rotatable bonds is 2. The quantitative estimate of drug-likeness (QED) is 0.814. The van der Waals surface area contributed by atoms with E-state index >= 15 is 0 Å². The largest absolute Gasteiger partial charge is 0.478 e. The zero-order valence-electron chi connectivity index (χ0n) is 11.1. The summed E-state index contributed by atoms with van der Waals surface area (Å²) >= 11 is 5.49. The molecule has 1 aromatic rings. The monoisotopic (exact) mass is 343 g/mol. The Hall–Kier alpha value is -1.57. The van der Waals surface area contributed by atoms with Gasteiger partial charge in [-0.2, -0.15) is 13.2 Å². The topological polar surface area (TPSA) is 40.5 Å². The molecule has 0 aliphatic carbocycles. The van der Waals surface area contributed by atoms with Gasteiger partial charge in [0.15, 0.2) is 0 Å². The molecular weight excluding hydrogens is 333 g/mol. The van der Waals surface area contributed by atoms with Crippen molar-refractivity contribution in [1.82, 2.24) is 0 Å². The Bertz CT molecular complexity index is 593. The maximum absolute atomic E-state index is 13.1. The Labute approximate surface area is 127 Å². The van der Waals surface area contributed by atoms with Crippen molar-refractivity contribution in [2.45, 2.75) is 24.9 Å². The second-order valence-electron chi connectivity index (χ2n) is 5.00. The first kappa shape index (κ1) is 16.8. The fraction of sp³-hybridized carbons (Fsp3) is 0.462. The van der Waals surface area contributed by atoms with Crippen LogP contribution >= 0.6 is 11.6 Å². The third-order valence-electron chi connectivity index (χ3n) is 3.46. The smallest absolute Gasteiger partial charge is 0.417 e. The van der Waals surface area contributed by atoms with E-state index in [1.807, 2.05) is 0 Å². The van der Waals surface area contributed by atoms with Crippen LogP contribution in [0.2, 0.25) is 5.02 Å². The van der Waals surface area contributed by atoms with Crippen molar-refractivity contribution in [3.05, 3.63) is 28.3 Å². The minimum absolute atomic E-state index is 0.230. The highest BCUT2D eigenvalue weighted by molar-refractivity contribution is 6.32. The van der Waals surface area contributed by atoms with E-state index in [-0.39, 0.29) is 18.8 Å². The molecule has 3 nitrogen and oxygen atoms in total. The summed E-state index contributed by atoms with van der Waals surface area (Å²) in [5, 5.41) is 8.36. The average molecular weight is 344 g/mol. The van der Waals surface area contributed by atoms with Gasteiger partial charge in [-0.3, -0.25) is 0 Å². The standard InChI is InChI=1S/C13H11ClF5NO2/c14-9-5-7(11(21)22)10(6-8(9)13(17,18)19)20-3-1-12(15,16)2-4-20/h5-6H,1-4H2,(H,21,22). The van der Waals surface area contributed by atoms with Crippen LogP contribution in [0.25, 0.3) is 0 Å². The average Bonchev–Trinajstić information content (AvgIpc) is 2.37. The molecular formula is C13H11ClF5NO2. The summed E-state index contributed by atoms with van der Waals surface area (Å²) in [7, 11) is 0. The van der Waals surface area contributed by atoms with Crippen molar-refractivity contribution < 1.29 is 31.9 Å². The van der Waals surface area contributed by atoms with Crippen LogP contribution in [0.3, 0.4) is 0 Å². The number of carboxylic acid groups (broad SMARTS) is 1. The molecule has 1 fully saturated rings. The van der Waals surface area contributed by atoms with Crippen LogP contribution in [-0.2, 0) is 6.18 Å². The number of piperidine rings is 1. The Morgan fingerprint density at radius 2 is 1.77 bits per heavy atom. The Morgan fingerprint density at radius 1 is 1.23 bits per heavy atom. The van der Waals surface area contributed by atoms with Crippen LogP contribution in [0.4, 0.5) is 27.6 Å². The van der Waals surface area contributed by atoms with Gasteiger partial charge in [-0.1, -0.05) is 11.6 Å². The fourth-order valence-electron chi connectivity index (χ4n) is 2.29. The molecule has 1 heterocycles. The molecule has 1 saturated heterocycles. The van der Waals surface area contributed by atoms with Gasteiger partial charge in [0.25, 0.3) is 5.92 Å². The summed E-state index contributed by atoms with van der Waals surface area (Å²) in [4.78, 5) is 12.4. The maximum atomic E-state index is 13.1. The van der Waals surface area contributed by atoms with Gasteiger partial charge in [-0.25, -0.2) is 13.6 Å². The van der Waals surface area contributed by atoms with Gasteiger partial charge in [-0.05, 0) is 12.1 Å². The fourth-order valence-corrected chi connectivity index (χ4v) is 2.56. The number of carboxylic acids is 1. The molecule has 0 bridgehead atoms. The zero-order chi connectivity index (χ0) is 16.7. The third-order valence-corrected chi connectivity index (χ3v) is 3.77. The van der Waals surface area contributed by atoms with Crippen LogP contribution in [-0.4, -0.2) is 30.1 Å². The number of hydrogen-bond acceptors (Lipinski definition) is 2. The Balaban J connectivity index is 2.47. The summed E-state index contributed by atoms with van der Waals surface area (Å²) in [5.74, 6) is -4.36. The van der Waals surface area contributed by atoms with E-state index in [2.05, 4.69) is 0 Å². The van der Waals surface area contributed by atoms with Crippen LogP contribution in [0.5, 0.6) is 0 Å². The van der Waals surface area contributed by atoms with Gasteiger partial charge in [0.05, 0.1) is 21.8 Å². The Kier molecular flexibility index (Phi) is 4.25. The summed E-state index contributed by atoms with van der Waals surface area (Å²) in [6.45, 7) is -0.460. The Morgan fingerprint density at radius 3 is 2.23 bits per heavy atom. The van der Waals surface area contributed by atoms with E-state index in [0.29, 0.717) is 12.1 Å². The molecule has 9 heteroatoms. The molecule has 1 N–H and O–H groups in total. The molecule has 0 atom stereocenters. The predicted molar refractivity (Wildman–Crippen MR) is 69.8 cm³/mol. The highest BCUT2D eigenvalue weighted by atomic mass is 35.5. The molecule has 0 amide bonds. The molecule has 0 unspecified atom stereocenters. The van der Waals surface area contributed by atoms with Crippen molar-refractivity contribution in [2.75, 3.05) is 18.0 Å². The highest BCUT2D eigenvalue weighted by Crippen LogP contribution is 2.40. The lowest BCUT2D eigenvalue weighted by Gasteiger charge is -2.34. The number of carbonyl (C=O) groups is 1. The predicted octanol–water partition coefficient (Wildman–Crippen LogP) is 4.29. The van der Waals surface area contributed by atoms with Crippen LogP contribution in [0.1, 0.15) is 28.8 Å². The minimum atomic E-state index is -4.76. The van der Waals surface area contributed by atoms with Crippen LogP contribution in [0.15, 0.2) is 12.1 Å². The lowest BCUT2D eigenvalue weighted by Crippen LogP contribution is -2.40. The number of alkyl halides is 5. The molecule has 2 rings (SSSR count). The zero-order valence-corrected chi connectivity index (χ0v) is 11.8. The molecule has 22 heavy (non-hydrogen) atoms. The summed E-state index contributed by atoms with van der Waals surface area (Å²) in [6, 6.07) is 1.31. The lowest BCUT2D eigenvalue weighted by molar-refractivity contribution is -0.137. The molecule has 0 spiro atoms. The van der Waals surface area contributed by atoms with Crippen molar-refractivity contribution in [1.29, 1.82) is 0 Å². The van der Waals surface area contributed by atoms with Gasteiger partial charge >= 0.3 is 12.1 Å². The number of benzene rings is 1. The van der Waals surface area contributed by atoms with Gasteiger partial charge in [0.2, 0.25) is 0 Å². The van der Waals surface area contributed by atoms with Gasteiger partial charge in [0.1, 0.15) is 0 Å². The molecule has 0 saturated carbocycles. The van der Waals surface area contributed by atoms with E-state index in [9.17, 15) is 26.7 Å². The second kappa shape index (κ2) is 5.57. The van der Waals surface area contributed by atoms with Crippen molar-refractivity contribution in [3.63, 3.8) is 0 Å². The van der Waals surface area contributed by atoms with E-state index in [0.717, 1.165) is 0 Å². The molecule has 1 aromatic carbocycles. The summed E-state index contributed by atoms with van der Waals surface area (Å²) < 4.78 is 64.9. The first-order valence-electron chi connectivity index (χ1n) is 6.28. The molecule has 122 valence electrons. The third kappa shape index (κ3) is 3.43. The lowest BCUT2D eigenvalue weighted by atomic mass is 10.0. The first-order valence-corrected chi connectivity index (χ1v) is 6.66. The number of aromatic carboxylic acids is 1. The maximum Gasteiger partial charge on any atom is 0.417 e. The van der Waals surface area contributed by atoms with E-state index in [1.54, 1.807) is 0 Å². The second-order valence-corrected chi connectivity index (χ2v) is 5.40. The minimum Gasteiger partial charge on any atom is -0.478 e. The number of anilines is 1. The van der Waals surface area contributed by atoms with E-state index in [4.69, 9.17) is 16.7 Å². The van der Waals surface area contributed by atoms with E-state index in [1.165, 1.54) is 4.90 Å². The highest BCUT2D eigenvalue weighted by Gasteiger charge is 2.38. The van der Waals surface area contributed by atoms with Crippen molar-refractivity contribution >= 4 is 23.3 Å². The number of halogens is 6. The number of nitrogens with zero attached hydrogens (tertiary/aromatic N) is 1. The summed E-state index contributed by atoms with van der Waals surface area (Å²) in [6.07, 6.45) is -5.85. The summed E-state index contributed by atoms with van der Waals surface area (Å²) in [5.41, 5.74) is -1.88. The van der Waals surface area contributed by atoms with E-state index < -0.39 is 47.1 Å². The van der Waals surface area contributed by atoms with Crippen molar-refractivity contribution in [3.8, 4) is 0 Å². The SMILES string of the molecule is O=C(O)c1cc(Cl)c(C(F)(F)F)cc1N1CCC(F)(F)CC1. The van der Waals surface area contributed by atoms with Crippen molar-refractivity contribution in [2.24, 2.45) is 0 Å².